The molecule has 0 atom stereocenters. The van der Waals surface area contributed by atoms with Crippen molar-refractivity contribution >= 4 is 0 Å². The Kier molecular flexibility index (Phi) is 3.43. The highest BCUT2D eigenvalue weighted by molar-refractivity contribution is 5.36. The second kappa shape index (κ2) is 4.29. The SMILES string of the molecule is CC(C)(C)CC(C)(C)c1cccc(C#N)c1. The minimum absolute atomic E-state index is 0.116. The number of rotatable bonds is 2. The van der Waals surface area contributed by atoms with E-state index in [1.54, 1.807) is 0 Å². The number of nitriles is 1. The molecule has 0 radical (unpaired) electrons. The van der Waals surface area contributed by atoms with Crippen LogP contribution in [0.25, 0.3) is 0 Å². The Morgan fingerprint density at radius 3 is 2.25 bits per heavy atom. The normalized spacial score (nSPS) is 12.2. The highest BCUT2D eigenvalue weighted by Gasteiger charge is 2.27. The van der Waals surface area contributed by atoms with Crippen molar-refractivity contribution in [2.24, 2.45) is 5.41 Å². The first-order valence-electron chi connectivity index (χ1n) is 5.75. The molecule has 0 aliphatic rings. The summed E-state index contributed by atoms with van der Waals surface area (Å²) in [5.41, 5.74) is 2.41. The van der Waals surface area contributed by atoms with Crippen molar-refractivity contribution in [3.8, 4) is 6.07 Å². The molecule has 86 valence electrons. The van der Waals surface area contributed by atoms with E-state index >= 15 is 0 Å². The van der Waals surface area contributed by atoms with Gasteiger partial charge in [-0.1, -0.05) is 46.8 Å². The molecule has 1 heteroatoms. The quantitative estimate of drug-likeness (QED) is 0.722. The minimum atomic E-state index is 0.116. The van der Waals surface area contributed by atoms with Crippen LogP contribution in [-0.2, 0) is 5.41 Å². The van der Waals surface area contributed by atoms with Gasteiger partial charge in [-0.25, -0.2) is 0 Å². The van der Waals surface area contributed by atoms with Crippen LogP contribution in [0, 0.1) is 16.7 Å². The predicted molar refractivity (Wildman–Crippen MR) is 68.3 cm³/mol. The highest BCUT2D eigenvalue weighted by atomic mass is 14.3. The molecule has 0 unspecified atom stereocenters. The van der Waals surface area contributed by atoms with Crippen molar-refractivity contribution < 1.29 is 0 Å². The van der Waals surface area contributed by atoms with Gasteiger partial charge in [0.25, 0.3) is 0 Å². The van der Waals surface area contributed by atoms with Crippen LogP contribution in [-0.4, -0.2) is 0 Å². The van der Waals surface area contributed by atoms with Crippen molar-refractivity contribution in [2.45, 2.75) is 46.5 Å². The van der Waals surface area contributed by atoms with Crippen LogP contribution in [0.4, 0.5) is 0 Å². The number of hydrogen-bond donors (Lipinski definition) is 0. The summed E-state index contributed by atoms with van der Waals surface area (Å²) in [6.07, 6.45) is 1.11. The van der Waals surface area contributed by atoms with E-state index in [0.29, 0.717) is 5.41 Å². The van der Waals surface area contributed by atoms with Crippen molar-refractivity contribution in [1.82, 2.24) is 0 Å². The number of hydrogen-bond acceptors (Lipinski definition) is 1. The summed E-state index contributed by atoms with van der Waals surface area (Å²) in [5.74, 6) is 0. The van der Waals surface area contributed by atoms with E-state index in [-0.39, 0.29) is 5.41 Å². The molecule has 0 aliphatic heterocycles. The van der Waals surface area contributed by atoms with Gasteiger partial charge in [-0.2, -0.15) is 5.26 Å². The molecule has 0 fully saturated rings. The van der Waals surface area contributed by atoms with Crippen molar-refractivity contribution in [3.63, 3.8) is 0 Å². The van der Waals surface area contributed by atoms with Crippen LogP contribution in [0.5, 0.6) is 0 Å². The first kappa shape index (κ1) is 12.8. The fraction of sp³-hybridized carbons (Fsp3) is 0.533. The largest absolute Gasteiger partial charge is 0.192 e. The molecule has 1 aromatic rings. The summed E-state index contributed by atoms with van der Waals surface area (Å²) >= 11 is 0. The topological polar surface area (TPSA) is 23.8 Å². The third kappa shape index (κ3) is 3.38. The van der Waals surface area contributed by atoms with Gasteiger partial charge in [0, 0.05) is 0 Å². The summed E-state index contributed by atoms with van der Waals surface area (Å²) in [5, 5.41) is 8.91. The summed E-state index contributed by atoms with van der Waals surface area (Å²) < 4.78 is 0. The standard InChI is InChI=1S/C15H21N/c1-14(2,3)11-15(4,5)13-8-6-7-12(9-13)10-16/h6-9H,11H2,1-5H3. The van der Waals surface area contributed by atoms with Crippen molar-refractivity contribution in [2.75, 3.05) is 0 Å². The van der Waals surface area contributed by atoms with Crippen LogP contribution in [0.3, 0.4) is 0 Å². The fourth-order valence-electron chi connectivity index (χ4n) is 2.44. The van der Waals surface area contributed by atoms with Gasteiger partial charge in [-0.3, -0.25) is 0 Å². The number of nitrogens with zero attached hydrogens (tertiary/aromatic N) is 1. The molecule has 16 heavy (non-hydrogen) atoms. The molecular weight excluding hydrogens is 194 g/mol. The molecule has 1 rings (SSSR count). The highest BCUT2D eigenvalue weighted by Crippen LogP contribution is 2.36. The van der Waals surface area contributed by atoms with E-state index in [2.05, 4.69) is 46.8 Å². The molecule has 0 N–H and O–H groups in total. The smallest absolute Gasteiger partial charge is 0.0991 e. The Balaban J connectivity index is 3.03. The van der Waals surface area contributed by atoms with E-state index in [0.717, 1.165) is 12.0 Å². The predicted octanol–water partition coefficient (Wildman–Crippen LogP) is 4.27. The monoisotopic (exact) mass is 215 g/mol. The molecule has 0 spiro atoms. The maximum atomic E-state index is 8.91. The van der Waals surface area contributed by atoms with E-state index in [9.17, 15) is 0 Å². The first-order valence-corrected chi connectivity index (χ1v) is 5.75. The summed E-state index contributed by atoms with van der Waals surface area (Å²) in [6.45, 7) is 11.2. The van der Waals surface area contributed by atoms with E-state index in [1.165, 1.54) is 5.56 Å². The summed E-state index contributed by atoms with van der Waals surface area (Å²) in [7, 11) is 0. The lowest BCUT2D eigenvalue weighted by Crippen LogP contribution is -2.24. The van der Waals surface area contributed by atoms with Crippen LogP contribution < -0.4 is 0 Å². The Morgan fingerprint density at radius 1 is 1.12 bits per heavy atom. The third-order valence-electron chi connectivity index (χ3n) is 2.75. The molecule has 0 aliphatic carbocycles. The maximum Gasteiger partial charge on any atom is 0.0991 e. The second-order valence-corrected chi connectivity index (χ2v) is 6.31. The van der Waals surface area contributed by atoms with Crippen molar-refractivity contribution in [3.05, 3.63) is 35.4 Å². The van der Waals surface area contributed by atoms with Crippen LogP contribution in [0.1, 0.15) is 52.2 Å². The van der Waals surface area contributed by atoms with Gasteiger partial charge in [-0.15, -0.1) is 0 Å². The Labute approximate surface area is 99.1 Å². The lowest BCUT2D eigenvalue weighted by Gasteiger charge is -2.33. The third-order valence-corrected chi connectivity index (χ3v) is 2.75. The Morgan fingerprint density at radius 2 is 1.75 bits per heavy atom. The zero-order valence-corrected chi connectivity index (χ0v) is 11.0. The van der Waals surface area contributed by atoms with Gasteiger partial charge in [0.15, 0.2) is 0 Å². The molecule has 0 heterocycles. The van der Waals surface area contributed by atoms with Gasteiger partial charge in [0.05, 0.1) is 11.6 Å². The summed E-state index contributed by atoms with van der Waals surface area (Å²) in [4.78, 5) is 0. The molecule has 0 saturated carbocycles. The Bertz CT molecular complexity index is 402. The van der Waals surface area contributed by atoms with Gasteiger partial charge in [0.2, 0.25) is 0 Å². The average Bonchev–Trinajstić information content (AvgIpc) is 2.14. The molecule has 0 saturated heterocycles. The Hall–Kier alpha value is -1.29. The maximum absolute atomic E-state index is 8.91. The van der Waals surface area contributed by atoms with E-state index in [1.807, 2.05) is 18.2 Å². The molecule has 1 nitrogen and oxygen atoms in total. The van der Waals surface area contributed by atoms with Crippen LogP contribution >= 0.6 is 0 Å². The molecule has 0 aromatic heterocycles. The van der Waals surface area contributed by atoms with Crippen LogP contribution in [0.15, 0.2) is 24.3 Å². The minimum Gasteiger partial charge on any atom is -0.192 e. The lowest BCUT2D eigenvalue weighted by molar-refractivity contribution is 0.284. The molecule has 0 bridgehead atoms. The summed E-state index contributed by atoms with van der Waals surface area (Å²) in [6, 6.07) is 10.2. The number of benzene rings is 1. The molecule has 1 aromatic carbocycles. The van der Waals surface area contributed by atoms with Crippen LogP contribution in [0.2, 0.25) is 0 Å². The van der Waals surface area contributed by atoms with Gasteiger partial charge >= 0.3 is 0 Å². The van der Waals surface area contributed by atoms with E-state index in [4.69, 9.17) is 5.26 Å². The lowest BCUT2D eigenvalue weighted by atomic mass is 9.72. The van der Waals surface area contributed by atoms with Gasteiger partial charge < -0.3 is 0 Å². The van der Waals surface area contributed by atoms with Crippen molar-refractivity contribution in [1.29, 1.82) is 5.26 Å². The molecule has 0 amide bonds. The van der Waals surface area contributed by atoms with E-state index < -0.39 is 0 Å². The van der Waals surface area contributed by atoms with Gasteiger partial charge in [-0.05, 0) is 34.9 Å². The first-order chi connectivity index (χ1) is 7.24. The zero-order valence-electron chi connectivity index (χ0n) is 11.0. The average molecular weight is 215 g/mol. The molecular formula is C15H21N. The zero-order chi connectivity index (χ0) is 12.4. The fourth-order valence-corrected chi connectivity index (χ4v) is 2.44. The van der Waals surface area contributed by atoms with Gasteiger partial charge in [0.1, 0.15) is 0 Å². The second-order valence-electron chi connectivity index (χ2n) is 6.31.